The monoisotopic (exact) mass is 453 g/mol. The molecule has 1 aliphatic heterocycles. The fourth-order valence-electron chi connectivity index (χ4n) is 3.70. The van der Waals surface area contributed by atoms with Crippen LogP contribution in [0.4, 0.5) is 0 Å². The van der Waals surface area contributed by atoms with Crippen molar-refractivity contribution in [3.63, 3.8) is 0 Å². The summed E-state index contributed by atoms with van der Waals surface area (Å²) in [6, 6.07) is 22.6. The summed E-state index contributed by atoms with van der Waals surface area (Å²) in [5.41, 5.74) is 3.40. The van der Waals surface area contributed by atoms with Crippen molar-refractivity contribution >= 4 is 5.97 Å². The van der Waals surface area contributed by atoms with Crippen molar-refractivity contribution in [3.8, 4) is 46.3 Å². The summed E-state index contributed by atoms with van der Waals surface area (Å²) >= 11 is 0. The van der Waals surface area contributed by atoms with Crippen LogP contribution in [0.25, 0.3) is 11.1 Å². The Hall–Kier alpha value is -4.42. The van der Waals surface area contributed by atoms with Gasteiger partial charge in [-0.2, -0.15) is 5.26 Å². The number of fused-ring (bicyclic) bond motifs is 1. The highest BCUT2D eigenvalue weighted by Gasteiger charge is 2.22. The molecule has 6 heteroatoms. The summed E-state index contributed by atoms with van der Waals surface area (Å²) in [5, 5.41) is 18.1. The lowest BCUT2D eigenvalue weighted by Crippen LogP contribution is -2.34. The summed E-state index contributed by atoms with van der Waals surface area (Å²) in [6.07, 6.45) is -0.327. The van der Waals surface area contributed by atoms with E-state index in [2.05, 4.69) is 17.9 Å². The molecule has 3 aromatic rings. The van der Waals surface area contributed by atoms with E-state index in [9.17, 15) is 4.79 Å². The third-order valence-electron chi connectivity index (χ3n) is 5.43. The molecule has 0 bridgehead atoms. The van der Waals surface area contributed by atoms with Gasteiger partial charge in [0.25, 0.3) is 0 Å². The molecule has 0 saturated heterocycles. The molecule has 1 N–H and O–H groups in total. The minimum atomic E-state index is -0.884. The molecule has 0 radical (unpaired) electrons. The largest absolute Gasteiger partial charge is 0.490 e. The van der Waals surface area contributed by atoms with Crippen LogP contribution in [0, 0.1) is 23.2 Å². The lowest BCUT2D eigenvalue weighted by molar-refractivity contribution is -0.137. The van der Waals surface area contributed by atoms with Crippen LogP contribution < -0.4 is 14.2 Å². The molecule has 34 heavy (non-hydrogen) atoms. The van der Waals surface area contributed by atoms with E-state index in [4.69, 9.17) is 24.6 Å². The summed E-state index contributed by atoms with van der Waals surface area (Å²) in [4.78, 5) is 11.1. The molecule has 4 rings (SSSR count). The fraction of sp³-hybridized carbons (Fsp3) is 0.214. The van der Waals surface area contributed by atoms with Crippen molar-refractivity contribution in [2.24, 2.45) is 0 Å². The van der Waals surface area contributed by atoms with Crippen LogP contribution in [0.2, 0.25) is 0 Å². The van der Waals surface area contributed by atoms with Crippen LogP contribution in [0.1, 0.15) is 30.4 Å². The van der Waals surface area contributed by atoms with Gasteiger partial charge in [0, 0.05) is 0 Å². The average Bonchev–Trinajstić information content (AvgIpc) is 2.87. The van der Waals surface area contributed by atoms with Crippen molar-refractivity contribution in [1.29, 1.82) is 5.26 Å². The van der Waals surface area contributed by atoms with Gasteiger partial charge in [0.2, 0.25) is 0 Å². The molecule has 0 aliphatic carbocycles. The summed E-state index contributed by atoms with van der Waals surface area (Å²) in [7, 11) is 0. The molecule has 0 aromatic heterocycles. The molecule has 0 unspecified atom stereocenters. The molecule has 0 amide bonds. The number of hydrogen-bond donors (Lipinski definition) is 1. The van der Waals surface area contributed by atoms with Gasteiger partial charge in [-0.05, 0) is 60.0 Å². The fourth-order valence-corrected chi connectivity index (χ4v) is 3.70. The number of aliphatic carboxylic acids is 1. The second-order valence-electron chi connectivity index (χ2n) is 7.83. The van der Waals surface area contributed by atoms with E-state index in [0.29, 0.717) is 36.0 Å². The van der Waals surface area contributed by atoms with Crippen molar-refractivity contribution in [1.82, 2.24) is 0 Å². The Morgan fingerprint density at radius 1 is 1.09 bits per heavy atom. The lowest BCUT2D eigenvalue weighted by atomic mass is 9.96. The number of ether oxygens (including phenoxy) is 3. The molecule has 0 spiro atoms. The lowest BCUT2D eigenvalue weighted by Gasteiger charge is -2.27. The Kier molecular flexibility index (Phi) is 7.01. The van der Waals surface area contributed by atoms with Crippen molar-refractivity contribution in [3.05, 3.63) is 77.9 Å². The molecule has 3 aromatic carbocycles. The number of hydrogen-bond acceptors (Lipinski definition) is 5. The van der Waals surface area contributed by atoms with Gasteiger partial charge in [-0.25, -0.2) is 0 Å². The van der Waals surface area contributed by atoms with E-state index in [1.54, 1.807) is 19.1 Å². The smallest absolute Gasteiger partial charge is 0.304 e. The number of rotatable bonds is 7. The Bertz CT molecular complexity index is 1260. The second-order valence-corrected chi connectivity index (χ2v) is 7.83. The highest BCUT2D eigenvalue weighted by molar-refractivity contribution is 5.69. The van der Waals surface area contributed by atoms with E-state index in [-0.39, 0.29) is 18.4 Å². The van der Waals surface area contributed by atoms with Crippen LogP contribution in [0.15, 0.2) is 66.7 Å². The number of benzene rings is 3. The van der Waals surface area contributed by atoms with Gasteiger partial charge in [0.1, 0.15) is 19.0 Å². The molecule has 0 saturated carbocycles. The number of carbonyl (C=O) groups is 1. The Labute approximate surface area is 198 Å². The first-order chi connectivity index (χ1) is 16.6. The van der Waals surface area contributed by atoms with Crippen LogP contribution in [0.3, 0.4) is 0 Å². The van der Waals surface area contributed by atoms with Crippen molar-refractivity contribution in [2.75, 3.05) is 13.2 Å². The first-order valence-electron chi connectivity index (χ1n) is 10.9. The molecule has 1 aliphatic rings. The minimum absolute atomic E-state index is 0.0435. The number of carboxylic acids is 1. The van der Waals surface area contributed by atoms with Crippen molar-refractivity contribution < 1.29 is 24.1 Å². The number of carboxylic acid groups (broad SMARTS) is 1. The summed E-state index contributed by atoms with van der Waals surface area (Å²) in [5.74, 6) is 6.48. The van der Waals surface area contributed by atoms with Gasteiger partial charge >= 0.3 is 5.97 Å². The van der Waals surface area contributed by atoms with Crippen LogP contribution in [0.5, 0.6) is 17.2 Å². The topological polar surface area (TPSA) is 88.8 Å². The van der Waals surface area contributed by atoms with Crippen LogP contribution in [-0.2, 0) is 4.79 Å². The normalized spacial score (nSPS) is 14.8. The Morgan fingerprint density at radius 2 is 1.82 bits per heavy atom. The first kappa shape index (κ1) is 22.8. The molecule has 170 valence electrons. The maximum absolute atomic E-state index is 11.1. The van der Waals surface area contributed by atoms with E-state index in [1.165, 1.54) is 0 Å². The molecular weight excluding hydrogens is 430 g/mol. The van der Waals surface area contributed by atoms with Gasteiger partial charge in [-0.3, -0.25) is 4.79 Å². The molecule has 2 atom stereocenters. The van der Waals surface area contributed by atoms with Gasteiger partial charge in [-0.1, -0.05) is 36.3 Å². The Morgan fingerprint density at radius 3 is 2.50 bits per heavy atom. The molecule has 1 heterocycles. The van der Waals surface area contributed by atoms with E-state index in [0.717, 1.165) is 16.7 Å². The minimum Gasteiger partial charge on any atom is -0.490 e. The maximum Gasteiger partial charge on any atom is 0.304 e. The third kappa shape index (κ3) is 5.49. The Balaban J connectivity index is 1.39. The molecular formula is C28H23NO5. The quantitative estimate of drug-likeness (QED) is 0.505. The van der Waals surface area contributed by atoms with E-state index >= 15 is 0 Å². The van der Waals surface area contributed by atoms with Crippen molar-refractivity contribution in [2.45, 2.75) is 25.4 Å². The predicted molar refractivity (Wildman–Crippen MR) is 127 cm³/mol. The summed E-state index contributed by atoms with van der Waals surface area (Å²) < 4.78 is 17.8. The molecule has 6 nitrogen and oxygen atoms in total. The van der Waals surface area contributed by atoms with Gasteiger partial charge in [0.15, 0.2) is 17.6 Å². The second kappa shape index (κ2) is 10.5. The van der Waals surface area contributed by atoms with Crippen LogP contribution in [-0.4, -0.2) is 30.4 Å². The third-order valence-corrected chi connectivity index (χ3v) is 5.43. The average molecular weight is 453 g/mol. The van der Waals surface area contributed by atoms with E-state index < -0.39 is 5.97 Å². The van der Waals surface area contributed by atoms with Gasteiger partial charge in [-0.15, -0.1) is 5.92 Å². The SMILES string of the molecule is CC#C[C@@H](CC(=O)O)c1ccc(OC[C@H]2COc3ccc(-c4ccc(C#N)cc4)cc3O2)cc1. The molecule has 0 fully saturated rings. The van der Waals surface area contributed by atoms with Gasteiger partial charge in [0.05, 0.1) is 24.0 Å². The highest BCUT2D eigenvalue weighted by Crippen LogP contribution is 2.36. The van der Waals surface area contributed by atoms with Crippen LogP contribution >= 0.6 is 0 Å². The predicted octanol–water partition coefficient (Wildman–Crippen LogP) is 5.03. The zero-order valence-corrected chi connectivity index (χ0v) is 18.7. The highest BCUT2D eigenvalue weighted by atomic mass is 16.6. The zero-order chi connectivity index (χ0) is 23.9. The maximum atomic E-state index is 11.1. The standard InChI is InChI=1S/C28H23NO5/c1-2-3-22(15-28(30)31)21-8-11-24(12-9-21)32-17-25-18-33-26-13-10-23(14-27(26)34-25)20-6-4-19(16-29)5-7-20/h4-14,22,25H,15,17-18H2,1H3,(H,30,31)/t22-,25-/m0/s1. The summed E-state index contributed by atoms with van der Waals surface area (Å²) in [6.45, 7) is 2.37. The van der Waals surface area contributed by atoms with Gasteiger partial charge < -0.3 is 19.3 Å². The first-order valence-corrected chi connectivity index (χ1v) is 10.9. The van der Waals surface area contributed by atoms with E-state index in [1.807, 2.05) is 54.6 Å². The zero-order valence-electron chi connectivity index (χ0n) is 18.7. The number of nitriles is 1. The number of nitrogens with zero attached hydrogens (tertiary/aromatic N) is 1.